The van der Waals surface area contributed by atoms with E-state index in [9.17, 15) is 69.0 Å². The predicted molar refractivity (Wildman–Crippen MR) is 398 cm³/mol. The third-order valence-corrected chi connectivity index (χ3v) is 20.8. The number of rotatable bonds is 24. The molecule has 0 bridgehead atoms. The Kier molecular flexibility index (Phi) is 35.5. The number of hydrogen-bond acceptors (Lipinski definition) is 28. The second-order valence-corrected chi connectivity index (χ2v) is 29.2. The van der Waals surface area contributed by atoms with Crippen LogP contribution in [0.3, 0.4) is 0 Å². The number of thioether (sulfide) groups is 3. The molecule has 3 aliphatic rings. The van der Waals surface area contributed by atoms with Gasteiger partial charge in [-0.25, -0.2) is 0 Å². The van der Waals surface area contributed by atoms with Crippen LogP contribution < -0.4 is 18.4 Å². The summed E-state index contributed by atoms with van der Waals surface area (Å²) in [5, 5.41) is 57.5. The summed E-state index contributed by atoms with van der Waals surface area (Å²) in [5.41, 5.74) is 6.74. The number of aromatic hydroxyl groups is 1. The van der Waals surface area contributed by atoms with Crippen LogP contribution in [-0.4, -0.2) is 206 Å². The fraction of sp³-hybridized carbons (Fsp3) is 0.461. The van der Waals surface area contributed by atoms with E-state index >= 15 is 0 Å². The smallest absolute Gasteiger partial charge is 0.503 e. The molecule has 0 amide bonds. The van der Waals surface area contributed by atoms with Crippen LogP contribution in [0.1, 0.15) is 126 Å². The molecule has 108 heavy (non-hydrogen) atoms. The number of nitrogens with zero attached hydrogens (tertiary/aromatic N) is 3. The summed E-state index contributed by atoms with van der Waals surface area (Å²) in [6, 6.07) is 30.5. The average Bonchev–Trinajstić information content (AvgIpc) is 0.791. The largest absolute Gasteiger partial charge is 0.586 e. The number of aryl methyl sites for hydroxylation is 3. The molecule has 9 rings (SSSR count). The Morgan fingerprint density at radius 2 is 0.787 bits per heavy atom. The zero-order chi connectivity index (χ0) is 79.5. The van der Waals surface area contributed by atoms with Crippen molar-refractivity contribution in [3.05, 3.63) is 178 Å². The lowest BCUT2D eigenvalue weighted by atomic mass is 10.0. The summed E-state index contributed by atoms with van der Waals surface area (Å²) in [6.07, 6.45) is 3.72. The van der Waals surface area contributed by atoms with Crippen molar-refractivity contribution in [1.82, 2.24) is 4.98 Å². The highest BCUT2D eigenvalue weighted by atomic mass is 32.2. The third-order valence-electron chi connectivity index (χ3n) is 16.7. The fourth-order valence-corrected chi connectivity index (χ4v) is 15.2. The van der Waals surface area contributed by atoms with Crippen molar-refractivity contribution in [3.8, 4) is 17.2 Å². The lowest BCUT2D eigenvalue weighted by Gasteiger charge is -2.43. The van der Waals surface area contributed by atoms with E-state index in [-0.39, 0.29) is 25.6 Å². The Hall–Kier alpha value is -8.75. The van der Waals surface area contributed by atoms with Crippen molar-refractivity contribution in [2.45, 2.75) is 202 Å². The first-order valence-corrected chi connectivity index (χ1v) is 37.5. The molecule has 3 aliphatic heterocycles. The van der Waals surface area contributed by atoms with Crippen LogP contribution in [0.5, 0.6) is 17.2 Å². The number of esters is 8. The maximum Gasteiger partial charge on any atom is 0.586 e. The van der Waals surface area contributed by atoms with Crippen molar-refractivity contribution >= 4 is 99.0 Å². The molecule has 6 aromatic rings. The lowest BCUT2D eigenvalue weighted by Crippen LogP contribution is -2.59. The van der Waals surface area contributed by atoms with Crippen LogP contribution >= 0.6 is 35.3 Å². The number of aliphatic hydroxyl groups excluding tert-OH is 5. The second-order valence-electron chi connectivity index (χ2n) is 25.2. The number of carbonyl (C=O) groups excluding carboxylic acids is 8. The van der Waals surface area contributed by atoms with Crippen molar-refractivity contribution in [3.63, 3.8) is 0 Å². The molecule has 6 N–H and O–H groups in total. The minimum atomic E-state index is -1.38. The number of pyridine rings is 3. The first kappa shape index (κ1) is 88.2. The van der Waals surface area contributed by atoms with Gasteiger partial charge in [-0.3, -0.25) is 52.3 Å². The highest BCUT2D eigenvalue weighted by molar-refractivity contribution is 8.01. The zero-order valence-electron chi connectivity index (χ0n) is 61.9. The summed E-state index contributed by atoms with van der Waals surface area (Å²) < 4.78 is 57.1. The molecule has 3 aromatic carbocycles. The van der Waals surface area contributed by atoms with Gasteiger partial charge in [0.15, 0.2) is 71.4 Å². The number of hydrogen-bond donors (Lipinski definition) is 6. The van der Waals surface area contributed by atoms with E-state index in [2.05, 4.69) is 86.4 Å². The van der Waals surface area contributed by atoms with Crippen LogP contribution in [0.25, 0.3) is 0 Å². The van der Waals surface area contributed by atoms with Crippen molar-refractivity contribution in [1.29, 1.82) is 0 Å². The summed E-state index contributed by atoms with van der Waals surface area (Å²) in [6.45, 7) is 15.1. The van der Waals surface area contributed by atoms with Crippen LogP contribution in [0, 0.1) is 0 Å². The van der Waals surface area contributed by atoms with E-state index < -0.39 is 135 Å². The minimum absolute atomic E-state index is 0.176. The Labute approximate surface area is 642 Å². The SMILES string of the molecule is CC(=O)OC[C@H]1SC(O)[C@H](OC(C)=O)[C@@H](OC(C)=O)[C@@H]1OC(C)=O.CCc1ccc(Cc2ccncc2O[C@@H]2S[C@H](CO)[C@@H](O)[C@H](O)[C@H]2O)cc1.[B][n+]1ccc(Cc2ccc(CC)cc2)c(O)c1.[B][n+]1ccc(Cc2ccc(CC)cc2)c(O[C@@H]2S[C@H](COC(C)=O)[C@@H](OC(C)=O)[C@H](OC(C)=O)[C@H]2OC(C)=O)c1. The van der Waals surface area contributed by atoms with Crippen LogP contribution in [0.4, 0.5) is 0 Å². The average molecular weight is 1550 g/mol. The number of aromatic nitrogens is 3. The van der Waals surface area contributed by atoms with Crippen molar-refractivity contribution in [2.75, 3.05) is 19.8 Å². The Balaban J connectivity index is 0.000000236. The predicted octanol–water partition coefficient (Wildman–Crippen LogP) is 4.91. The number of ether oxygens (including phenoxy) is 10. The molecular weight excluding hydrogens is 1460 g/mol. The monoisotopic (exact) mass is 1550 g/mol. The Morgan fingerprint density at radius 3 is 1.22 bits per heavy atom. The van der Waals surface area contributed by atoms with Gasteiger partial charge in [0.05, 0.1) is 34.7 Å². The summed E-state index contributed by atoms with van der Waals surface area (Å²) >= 11 is 3.13. The molecule has 6 heterocycles. The Bertz CT molecular complexity index is 3960. The normalized spacial score (nSPS) is 23.4. The van der Waals surface area contributed by atoms with Gasteiger partial charge in [0, 0.05) is 110 Å². The maximum atomic E-state index is 12.2. The quantitative estimate of drug-likeness (QED) is 0.0266. The standard InChI is InChI=1S/C28H33BNO9S.C20H25NO5S.C14H15BNO.C14H20O9S/c1-6-20-7-9-21(10-8-20)13-22-11-12-30(29)14-23(22)39-28-27(38-19(5)34)26(37-18(4)33)25(36-17(3)32)24(40-28)15-35-16(2)31;1-2-12-3-5-13(6-4-12)9-14-7-8-21-10-15(14)26-20-19(25)18(24)17(23)16(11-22)27-20;1-2-11-3-5-12(6-4-11)9-13-7-8-16(15)10-14(13)17;1-6(15)20-5-10-11(21-7(2)16)12(22-8(3)17)13(14(19)24-10)23-9(4)18/h7-12,14,24-28H,6,13,15H2,1-5H3;3-8,10,16-20,22-25H,2,9,11H2,1H3;3-8,10,17H,2,9H2,1H3;10-14,19H,5H2,1-4H3/q+1;;+1;/t24-,25-,26+,27-,28-;16-,17-,18+,19-,20-;;10-,11-,12+,13-,14?/m11.1/s1. The summed E-state index contributed by atoms with van der Waals surface area (Å²) in [7, 11) is 11.5. The van der Waals surface area contributed by atoms with Gasteiger partial charge in [-0.05, 0) is 58.7 Å². The molecule has 0 aliphatic carbocycles. The van der Waals surface area contributed by atoms with Crippen molar-refractivity contribution < 1.29 is 125 Å². The highest BCUT2D eigenvalue weighted by Crippen LogP contribution is 2.42. The van der Waals surface area contributed by atoms with Crippen molar-refractivity contribution in [2.24, 2.45) is 0 Å². The zero-order valence-corrected chi connectivity index (χ0v) is 64.4. The molecule has 3 saturated heterocycles. The Morgan fingerprint density at radius 1 is 0.417 bits per heavy atom. The van der Waals surface area contributed by atoms with Crippen LogP contribution in [-0.2, 0) is 115 Å². The van der Waals surface area contributed by atoms with E-state index in [1.165, 1.54) is 72.0 Å². The number of aliphatic hydroxyl groups is 5. The van der Waals surface area contributed by atoms with Crippen LogP contribution in [0.15, 0.2) is 128 Å². The minimum Gasteiger partial charge on any atom is -0.503 e. The highest BCUT2D eigenvalue weighted by Gasteiger charge is 2.54. The first-order chi connectivity index (χ1) is 51.3. The number of carbonyl (C=O) groups is 8. The number of benzene rings is 3. The van der Waals surface area contributed by atoms with Gasteiger partial charge < -0.3 is 78.0 Å². The topological polar surface area (TPSA) is 371 Å². The molecule has 32 heteroatoms. The lowest BCUT2D eigenvalue weighted by molar-refractivity contribution is -0.522. The van der Waals surface area contributed by atoms with E-state index in [4.69, 9.17) is 63.3 Å². The third kappa shape index (κ3) is 27.7. The molecule has 15 atom stereocenters. The van der Waals surface area contributed by atoms with E-state index in [0.717, 1.165) is 110 Å². The van der Waals surface area contributed by atoms with E-state index in [0.29, 0.717) is 24.3 Å². The molecule has 1 unspecified atom stereocenters. The molecule has 3 fully saturated rings. The molecule has 578 valence electrons. The van der Waals surface area contributed by atoms with Gasteiger partial charge in [0.1, 0.15) is 49.0 Å². The van der Waals surface area contributed by atoms with Crippen LogP contribution in [0.2, 0.25) is 0 Å². The van der Waals surface area contributed by atoms with Gasteiger partial charge in [-0.1, -0.05) is 93.6 Å². The first-order valence-electron chi connectivity index (χ1n) is 34.7. The van der Waals surface area contributed by atoms with Gasteiger partial charge in [-0.2, -0.15) is 0 Å². The van der Waals surface area contributed by atoms with E-state index in [1.54, 1.807) is 31.0 Å². The maximum absolute atomic E-state index is 12.2. The fourth-order valence-electron chi connectivity index (χ4n) is 11.4. The van der Waals surface area contributed by atoms with Gasteiger partial charge in [-0.15, -0.1) is 35.3 Å². The molecule has 0 saturated carbocycles. The summed E-state index contributed by atoms with van der Waals surface area (Å²) in [5.74, 6) is -4.03. The molecule has 3 aromatic heterocycles. The molecule has 0 spiro atoms. The van der Waals surface area contributed by atoms with Gasteiger partial charge >= 0.3 is 63.7 Å². The molecular formula is C76H93B2N3O24S3+2. The van der Waals surface area contributed by atoms with Gasteiger partial charge in [0.25, 0.3) is 0 Å². The molecule has 27 nitrogen and oxygen atoms in total. The van der Waals surface area contributed by atoms with Gasteiger partial charge in [0.2, 0.25) is 0 Å². The molecule has 4 radical (unpaired) electrons. The van der Waals surface area contributed by atoms with E-state index in [1.807, 2.05) is 30.3 Å². The second kappa shape index (κ2) is 43.4. The summed E-state index contributed by atoms with van der Waals surface area (Å²) in [4.78, 5) is 97.0.